The summed E-state index contributed by atoms with van der Waals surface area (Å²) in [6, 6.07) is 0. The summed E-state index contributed by atoms with van der Waals surface area (Å²) in [4.78, 5) is 68.9. The Hall–Kier alpha value is -1.85. The van der Waals surface area contributed by atoms with E-state index in [1.165, 1.54) is 0 Å². The number of phosphoric acid groups is 3. The second kappa shape index (κ2) is 8.49. The summed E-state index contributed by atoms with van der Waals surface area (Å²) in [7, 11) is -17.4. The van der Waals surface area contributed by atoms with Crippen molar-refractivity contribution in [2.24, 2.45) is 0 Å². The smallest absolute Gasteiger partial charge is 0.479 e. The summed E-state index contributed by atoms with van der Waals surface area (Å²) in [5.41, 5.74) is -1.06. The lowest BCUT2D eigenvalue weighted by Crippen LogP contribution is -2.38. The number of aliphatic hydroxyl groups excluding tert-OH is 1. The third-order valence-electron chi connectivity index (χ3n) is 3.77. The fourth-order valence-corrected chi connectivity index (χ4v) is 5.90. The first-order valence-corrected chi connectivity index (χ1v) is 12.4. The van der Waals surface area contributed by atoms with Crippen LogP contribution in [-0.4, -0.2) is 73.6 Å². The van der Waals surface area contributed by atoms with Gasteiger partial charge in [0.05, 0.1) is 12.7 Å². The molecule has 3 heterocycles. The minimum Gasteiger partial charge on any atom is -0.479 e. The SMILES string of the molecule is O=C(O)[C@H]1O[C@@H](n2cnc3c(=O)[nH]cnc32)[C@H](O)[C@@H]1OP(=O)(O)OP(=O)(O)OP(=O)(O)O. The van der Waals surface area contributed by atoms with Gasteiger partial charge >= 0.3 is 29.4 Å². The third kappa shape index (κ3) is 5.37. The summed E-state index contributed by atoms with van der Waals surface area (Å²) >= 11 is 0. The number of rotatable bonds is 8. The van der Waals surface area contributed by atoms with Crippen molar-refractivity contribution in [3.63, 3.8) is 0 Å². The average Bonchev–Trinajstić information content (AvgIpc) is 3.14. The van der Waals surface area contributed by atoms with Crippen LogP contribution in [0.15, 0.2) is 17.4 Å². The molecule has 0 aromatic carbocycles. The number of aliphatic hydroxyl groups is 1. The monoisotopic (exact) mass is 522 g/mol. The van der Waals surface area contributed by atoms with E-state index < -0.39 is 59.5 Å². The first kappa shape index (κ1) is 24.8. The Morgan fingerprint density at radius 1 is 1.12 bits per heavy atom. The van der Waals surface area contributed by atoms with Crippen LogP contribution in [0.5, 0.6) is 0 Å². The van der Waals surface area contributed by atoms with Gasteiger partial charge in [-0.05, 0) is 0 Å². The lowest BCUT2D eigenvalue weighted by atomic mass is 10.1. The normalized spacial score (nSPS) is 27.8. The minimum atomic E-state index is -5.89. The third-order valence-corrected chi connectivity index (χ3v) is 7.60. The lowest BCUT2D eigenvalue weighted by molar-refractivity contribution is -0.154. The molecule has 0 saturated carbocycles. The highest BCUT2D eigenvalue weighted by molar-refractivity contribution is 7.66. The number of aromatic amines is 1. The van der Waals surface area contributed by atoms with Gasteiger partial charge in [0.25, 0.3) is 5.56 Å². The maximum absolute atomic E-state index is 12.0. The Balaban J connectivity index is 1.88. The zero-order valence-electron chi connectivity index (χ0n) is 15.0. The molecule has 0 amide bonds. The number of carboxylic acids is 1. The van der Waals surface area contributed by atoms with Gasteiger partial charge in [-0.1, -0.05) is 0 Å². The van der Waals surface area contributed by atoms with Gasteiger partial charge in [-0.3, -0.25) is 13.9 Å². The number of hydrogen-bond donors (Lipinski definition) is 7. The number of carboxylic acid groups (broad SMARTS) is 1. The summed E-state index contributed by atoms with van der Waals surface area (Å²) in [5, 5.41) is 19.8. The number of H-pyrrole nitrogens is 1. The minimum absolute atomic E-state index is 0.166. The second-order valence-corrected chi connectivity index (χ2v) is 10.4. The van der Waals surface area contributed by atoms with Gasteiger partial charge in [0.15, 0.2) is 23.5 Å². The van der Waals surface area contributed by atoms with Crippen LogP contribution in [0.1, 0.15) is 6.23 Å². The number of nitrogens with zero attached hydrogens (tertiary/aromatic N) is 3. The lowest BCUT2D eigenvalue weighted by Gasteiger charge is -2.22. The van der Waals surface area contributed by atoms with Gasteiger partial charge in [-0.15, -0.1) is 0 Å². The molecule has 1 aliphatic heterocycles. The molecule has 0 radical (unpaired) electrons. The number of aromatic nitrogens is 4. The van der Waals surface area contributed by atoms with E-state index in [9.17, 15) is 43.3 Å². The van der Waals surface area contributed by atoms with E-state index in [-0.39, 0.29) is 11.2 Å². The van der Waals surface area contributed by atoms with E-state index >= 15 is 0 Å². The van der Waals surface area contributed by atoms with Crippen molar-refractivity contribution in [3.05, 3.63) is 23.0 Å². The number of imidazole rings is 1. The molecule has 32 heavy (non-hydrogen) atoms. The van der Waals surface area contributed by atoms with E-state index in [2.05, 4.69) is 28.1 Å². The molecule has 1 aliphatic rings. The molecule has 22 heteroatoms. The average molecular weight is 522 g/mol. The second-order valence-electron chi connectivity index (χ2n) is 5.99. The highest BCUT2D eigenvalue weighted by Crippen LogP contribution is 2.67. The largest absolute Gasteiger partial charge is 0.490 e. The zero-order chi connectivity index (χ0) is 24.1. The number of ether oxygens (including phenoxy) is 1. The molecule has 2 aromatic rings. The number of fused-ring (bicyclic) bond motifs is 1. The van der Waals surface area contributed by atoms with E-state index in [1.54, 1.807) is 0 Å². The summed E-state index contributed by atoms with van der Waals surface area (Å²) in [5.74, 6) is -1.81. The van der Waals surface area contributed by atoms with Crippen molar-refractivity contribution in [1.82, 2.24) is 19.5 Å². The molecule has 178 valence electrons. The fraction of sp³-hybridized carbons (Fsp3) is 0.400. The van der Waals surface area contributed by atoms with Gasteiger partial charge in [0.1, 0.15) is 12.2 Å². The Kier molecular flexibility index (Phi) is 6.58. The maximum Gasteiger partial charge on any atom is 0.490 e. The van der Waals surface area contributed by atoms with Crippen LogP contribution < -0.4 is 5.56 Å². The van der Waals surface area contributed by atoms with Crippen molar-refractivity contribution in [1.29, 1.82) is 0 Å². The van der Waals surface area contributed by atoms with Crippen LogP contribution >= 0.6 is 23.5 Å². The predicted octanol–water partition coefficient (Wildman–Crippen LogP) is -1.83. The molecule has 3 rings (SSSR count). The summed E-state index contributed by atoms with van der Waals surface area (Å²) in [6.45, 7) is 0. The first-order valence-electron chi connectivity index (χ1n) is 7.89. The molecular formula is C10H13N4O15P3. The van der Waals surface area contributed by atoms with Crippen molar-refractivity contribution < 1.29 is 66.2 Å². The highest BCUT2D eigenvalue weighted by atomic mass is 31.3. The van der Waals surface area contributed by atoms with Gasteiger partial charge in [-0.25, -0.2) is 28.5 Å². The standard InChI is InChI=1S/C10H13N4O15P3/c15-4-5(27-31(22,23)29-32(24,25)28-30(19,20)21)6(10(17)18)26-9(4)14-2-13-3-7(14)11-1-12-8(3)16/h1-2,4-6,9,15H,(H,17,18)(H,22,23)(H,24,25)(H,11,12,16)(H2,19,20,21)/t4-,5+,6+,9-/m1/s1. The molecule has 1 fully saturated rings. The molecule has 2 unspecified atom stereocenters. The van der Waals surface area contributed by atoms with Gasteiger partial charge in [-0.2, -0.15) is 8.62 Å². The molecule has 0 aliphatic carbocycles. The molecule has 0 bridgehead atoms. The zero-order valence-corrected chi connectivity index (χ0v) is 17.7. The molecule has 7 N–H and O–H groups in total. The van der Waals surface area contributed by atoms with E-state index in [4.69, 9.17) is 14.5 Å². The van der Waals surface area contributed by atoms with E-state index in [0.717, 1.165) is 17.2 Å². The van der Waals surface area contributed by atoms with Crippen LogP contribution in [-0.2, 0) is 36.4 Å². The Morgan fingerprint density at radius 3 is 2.38 bits per heavy atom. The topological polar surface area (TPSA) is 290 Å². The Bertz CT molecular complexity index is 1240. The quantitative estimate of drug-likeness (QED) is 0.188. The van der Waals surface area contributed by atoms with Crippen molar-refractivity contribution >= 4 is 40.6 Å². The first-order chi connectivity index (χ1) is 14.6. The van der Waals surface area contributed by atoms with E-state index in [1.807, 2.05) is 0 Å². The number of nitrogens with one attached hydrogen (secondary N) is 1. The van der Waals surface area contributed by atoms with Gasteiger partial charge in [0, 0.05) is 0 Å². The molecule has 6 atom stereocenters. The molecule has 1 saturated heterocycles. The van der Waals surface area contributed by atoms with Crippen LogP contribution in [0.3, 0.4) is 0 Å². The summed E-state index contributed by atoms with van der Waals surface area (Å²) in [6.07, 6.45) is -6.25. The van der Waals surface area contributed by atoms with Crippen molar-refractivity contribution in [2.45, 2.75) is 24.5 Å². The number of carbonyl (C=O) groups is 1. The van der Waals surface area contributed by atoms with Crippen LogP contribution in [0, 0.1) is 0 Å². The molecule has 19 nitrogen and oxygen atoms in total. The number of phosphoric ester groups is 1. The van der Waals surface area contributed by atoms with Gasteiger partial charge in [0.2, 0.25) is 0 Å². The summed E-state index contributed by atoms with van der Waals surface area (Å²) < 4.78 is 51.7. The van der Waals surface area contributed by atoms with Crippen molar-refractivity contribution in [2.75, 3.05) is 0 Å². The Morgan fingerprint density at radius 2 is 1.78 bits per heavy atom. The van der Waals surface area contributed by atoms with Crippen LogP contribution in [0.25, 0.3) is 11.2 Å². The fourth-order valence-electron chi connectivity index (χ4n) is 2.70. The molecule has 0 spiro atoms. The van der Waals surface area contributed by atoms with Gasteiger partial charge < -0.3 is 39.5 Å². The molecule has 2 aromatic heterocycles. The van der Waals surface area contributed by atoms with Crippen LogP contribution in [0.2, 0.25) is 0 Å². The van der Waals surface area contributed by atoms with Crippen molar-refractivity contribution in [3.8, 4) is 0 Å². The van der Waals surface area contributed by atoms with Crippen LogP contribution in [0.4, 0.5) is 0 Å². The highest BCUT2D eigenvalue weighted by Gasteiger charge is 2.54. The Labute approximate surface area is 174 Å². The van der Waals surface area contributed by atoms with E-state index in [0.29, 0.717) is 0 Å². The number of hydrogen-bond acceptors (Lipinski definition) is 12. The molecular weight excluding hydrogens is 509 g/mol. The maximum atomic E-state index is 12.0. The predicted molar refractivity (Wildman–Crippen MR) is 94.4 cm³/mol. The number of aliphatic carboxylic acids is 1.